The van der Waals surface area contributed by atoms with E-state index in [0.717, 1.165) is 31.2 Å². The highest BCUT2D eigenvalue weighted by atomic mass is 16.2. The Morgan fingerprint density at radius 3 is 2.79 bits per heavy atom. The molecule has 1 fully saturated rings. The van der Waals surface area contributed by atoms with Gasteiger partial charge in [0.25, 0.3) is 11.5 Å². The summed E-state index contributed by atoms with van der Waals surface area (Å²) in [7, 11) is 1.78. The normalized spacial score (nSPS) is 15.4. The van der Waals surface area contributed by atoms with Gasteiger partial charge in [0.1, 0.15) is 17.0 Å². The third-order valence-corrected chi connectivity index (χ3v) is 4.87. The fraction of sp³-hybridized carbons (Fsp3) is 0.389. The summed E-state index contributed by atoms with van der Waals surface area (Å²) in [4.78, 5) is 29.9. The van der Waals surface area contributed by atoms with Crippen LogP contribution >= 0.6 is 0 Å². The summed E-state index contributed by atoms with van der Waals surface area (Å²) in [5.41, 5.74) is 2.45. The van der Waals surface area contributed by atoms with E-state index in [0.29, 0.717) is 22.4 Å². The van der Waals surface area contributed by atoms with Gasteiger partial charge in [-0.2, -0.15) is 0 Å². The number of carbonyl (C=O) groups is 1. The van der Waals surface area contributed by atoms with Crippen LogP contribution in [0.5, 0.6) is 0 Å². The molecule has 0 spiro atoms. The van der Waals surface area contributed by atoms with Crippen molar-refractivity contribution in [3.05, 3.63) is 46.0 Å². The summed E-state index contributed by atoms with van der Waals surface area (Å²) in [5.74, 6) is -0.132. The molecule has 0 bridgehead atoms. The molecule has 1 aliphatic carbocycles. The van der Waals surface area contributed by atoms with Gasteiger partial charge in [-0.1, -0.05) is 18.9 Å². The third-order valence-electron chi connectivity index (χ3n) is 4.87. The molecule has 1 amide bonds. The maximum Gasteiger partial charge on any atom is 0.268 e. The SMILES string of the molecule is Cc1ccc2nc3c(cc(C(=O)NC4CCCC4)n3C)c(=O)n2c1. The molecular formula is C18H20N4O2. The van der Waals surface area contributed by atoms with Crippen molar-refractivity contribution < 1.29 is 4.79 Å². The molecule has 3 heterocycles. The van der Waals surface area contributed by atoms with Crippen molar-refractivity contribution in [2.45, 2.75) is 38.6 Å². The molecule has 124 valence electrons. The number of carbonyl (C=O) groups excluding carboxylic acids is 1. The zero-order valence-electron chi connectivity index (χ0n) is 13.9. The summed E-state index contributed by atoms with van der Waals surface area (Å²) in [5, 5.41) is 3.54. The van der Waals surface area contributed by atoms with Gasteiger partial charge in [0, 0.05) is 19.3 Å². The van der Waals surface area contributed by atoms with Gasteiger partial charge in [-0.3, -0.25) is 14.0 Å². The van der Waals surface area contributed by atoms with Gasteiger partial charge in [0.05, 0.1) is 5.39 Å². The first-order valence-electron chi connectivity index (χ1n) is 8.34. The minimum absolute atomic E-state index is 0.132. The van der Waals surface area contributed by atoms with Crippen molar-refractivity contribution in [2.75, 3.05) is 0 Å². The molecule has 0 radical (unpaired) electrons. The molecule has 3 aromatic rings. The largest absolute Gasteiger partial charge is 0.348 e. The minimum Gasteiger partial charge on any atom is -0.348 e. The minimum atomic E-state index is -0.144. The summed E-state index contributed by atoms with van der Waals surface area (Å²) >= 11 is 0. The van der Waals surface area contributed by atoms with E-state index in [1.165, 1.54) is 4.40 Å². The predicted octanol–water partition coefficient (Wildman–Crippen LogP) is 2.17. The average molecular weight is 324 g/mol. The van der Waals surface area contributed by atoms with Crippen LogP contribution in [0.3, 0.4) is 0 Å². The molecule has 0 aliphatic heterocycles. The van der Waals surface area contributed by atoms with E-state index in [1.54, 1.807) is 23.9 Å². The highest BCUT2D eigenvalue weighted by Gasteiger charge is 2.22. The summed E-state index contributed by atoms with van der Waals surface area (Å²) < 4.78 is 3.25. The van der Waals surface area contributed by atoms with Crippen molar-refractivity contribution in [1.82, 2.24) is 19.3 Å². The quantitative estimate of drug-likeness (QED) is 0.785. The van der Waals surface area contributed by atoms with E-state index in [9.17, 15) is 9.59 Å². The first kappa shape index (κ1) is 14.9. The van der Waals surface area contributed by atoms with Gasteiger partial charge in [-0.25, -0.2) is 4.98 Å². The first-order valence-corrected chi connectivity index (χ1v) is 8.34. The molecule has 6 nitrogen and oxygen atoms in total. The van der Waals surface area contributed by atoms with Gasteiger partial charge < -0.3 is 9.88 Å². The molecule has 4 rings (SSSR count). The Morgan fingerprint density at radius 1 is 1.29 bits per heavy atom. The second-order valence-corrected chi connectivity index (χ2v) is 6.63. The summed E-state index contributed by atoms with van der Waals surface area (Å²) in [6.45, 7) is 1.93. The van der Waals surface area contributed by atoms with E-state index in [4.69, 9.17) is 0 Å². The molecule has 0 atom stereocenters. The van der Waals surface area contributed by atoms with Crippen molar-refractivity contribution in [1.29, 1.82) is 0 Å². The van der Waals surface area contributed by atoms with Crippen LogP contribution in [0.2, 0.25) is 0 Å². The highest BCUT2D eigenvalue weighted by molar-refractivity contribution is 5.98. The average Bonchev–Trinajstić information content (AvgIpc) is 3.17. The highest BCUT2D eigenvalue weighted by Crippen LogP contribution is 2.20. The van der Waals surface area contributed by atoms with Gasteiger partial charge in [0.2, 0.25) is 0 Å². The Hall–Kier alpha value is -2.63. The molecule has 6 heteroatoms. The lowest BCUT2D eigenvalue weighted by atomic mass is 10.2. The Balaban J connectivity index is 1.84. The van der Waals surface area contributed by atoms with E-state index in [2.05, 4.69) is 10.3 Å². The molecule has 0 aromatic carbocycles. The van der Waals surface area contributed by atoms with Crippen LogP contribution < -0.4 is 10.9 Å². The number of fused-ring (bicyclic) bond motifs is 2. The van der Waals surface area contributed by atoms with Crippen LogP contribution in [-0.2, 0) is 7.05 Å². The molecule has 1 saturated carbocycles. The van der Waals surface area contributed by atoms with Gasteiger partial charge in [-0.15, -0.1) is 0 Å². The fourth-order valence-electron chi connectivity index (χ4n) is 3.52. The maximum absolute atomic E-state index is 12.8. The number of hydrogen-bond acceptors (Lipinski definition) is 3. The van der Waals surface area contributed by atoms with Crippen LogP contribution in [0.4, 0.5) is 0 Å². The molecule has 0 saturated heterocycles. The Bertz CT molecular complexity index is 1010. The van der Waals surface area contributed by atoms with Crippen LogP contribution in [0.1, 0.15) is 41.7 Å². The summed E-state index contributed by atoms with van der Waals surface area (Å²) in [6.07, 6.45) is 6.15. The maximum atomic E-state index is 12.8. The number of hydrogen-bond donors (Lipinski definition) is 1. The van der Waals surface area contributed by atoms with Gasteiger partial charge >= 0.3 is 0 Å². The summed E-state index contributed by atoms with van der Waals surface area (Å²) in [6, 6.07) is 5.64. The number of nitrogens with zero attached hydrogens (tertiary/aromatic N) is 3. The number of nitrogens with one attached hydrogen (secondary N) is 1. The molecule has 1 N–H and O–H groups in total. The molecule has 24 heavy (non-hydrogen) atoms. The Morgan fingerprint density at radius 2 is 2.04 bits per heavy atom. The topological polar surface area (TPSA) is 68.4 Å². The lowest BCUT2D eigenvalue weighted by molar-refractivity contribution is 0.0930. The Labute approximate surface area is 139 Å². The number of aromatic nitrogens is 3. The first-order chi connectivity index (χ1) is 11.5. The lowest BCUT2D eigenvalue weighted by Crippen LogP contribution is -2.33. The number of aryl methyl sites for hydroxylation is 2. The van der Waals surface area contributed by atoms with E-state index in [-0.39, 0.29) is 17.5 Å². The standard InChI is InChI=1S/C18H20N4O2/c1-11-7-8-15-20-16-13(18(24)22(15)10-11)9-14(21(16)2)17(23)19-12-5-3-4-6-12/h7-10,12H,3-6H2,1-2H3,(H,19,23). The monoisotopic (exact) mass is 324 g/mol. The van der Waals surface area contributed by atoms with Gasteiger partial charge in [0.15, 0.2) is 0 Å². The second kappa shape index (κ2) is 5.47. The smallest absolute Gasteiger partial charge is 0.268 e. The lowest BCUT2D eigenvalue weighted by Gasteiger charge is -2.12. The second-order valence-electron chi connectivity index (χ2n) is 6.63. The molecule has 0 unspecified atom stereocenters. The van der Waals surface area contributed by atoms with E-state index in [1.807, 2.05) is 19.1 Å². The van der Waals surface area contributed by atoms with E-state index >= 15 is 0 Å². The van der Waals surface area contributed by atoms with Crippen LogP contribution in [0, 0.1) is 6.92 Å². The number of pyridine rings is 1. The molecule has 3 aromatic heterocycles. The van der Waals surface area contributed by atoms with Crippen molar-refractivity contribution >= 4 is 22.6 Å². The fourth-order valence-corrected chi connectivity index (χ4v) is 3.52. The van der Waals surface area contributed by atoms with Crippen molar-refractivity contribution in [2.24, 2.45) is 7.05 Å². The number of amides is 1. The number of rotatable bonds is 2. The van der Waals surface area contributed by atoms with Crippen molar-refractivity contribution in [3.8, 4) is 0 Å². The Kier molecular flexibility index (Phi) is 3.40. The third kappa shape index (κ3) is 2.29. The van der Waals surface area contributed by atoms with Crippen LogP contribution in [0.15, 0.2) is 29.2 Å². The van der Waals surface area contributed by atoms with Crippen LogP contribution in [-0.4, -0.2) is 25.9 Å². The van der Waals surface area contributed by atoms with Gasteiger partial charge in [-0.05, 0) is 37.5 Å². The zero-order chi connectivity index (χ0) is 16.8. The molecule has 1 aliphatic rings. The zero-order valence-corrected chi connectivity index (χ0v) is 13.9. The van der Waals surface area contributed by atoms with Crippen molar-refractivity contribution in [3.63, 3.8) is 0 Å². The predicted molar refractivity (Wildman–Crippen MR) is 92.4 cm³/mol. The van der Waals surface area contributed by atoms with E-state index < -0.39 is 0 Å². The molecular weight excluding hydrogens is 304 g/mol. The van der Waals surface area contributed by atoms with Crippen LogP contribution in [0.25, 0.3) is 16.7 Å².